The number of hydrogen-bond donors (Lipinski definition) is 1. The largest absolute Gasteiger partial charge is 0.496 e. The van der Waals surface area contributed by atoms with E-state index in [1.807, 2.05) is 24.3 Å². The van der Waals surface area contributed by atoms with Gasteiger partial charge in [0.05, 0.1) is 7.11 Å². The Kier molecular flexibility index (Phi) is 4.16. The second-order valence-electron chi connectivity index (χ2n) is 4.66. The molecule has 2 nitrogen and oxygen atoms in total. The standard InChI is InChI=1S/C13H18O2Si/c1-15-13-8-6-5-7-11(13)12(14)9-10-16(2,3)4/h5-8,12,14H,1-4H3. The predicted octanol–water partition coefficient (Wildman–Crippen LogP) is 2.61. The van der Waals surface area contributed by atoms with Gasteiger partial charge in [-0.3, -0.25) is 0 Å². The van der Waals surface area contributed by atoms with Crippen molar-refractivity contribution in [1.82, 2.24) is 0 Å². The molecular formula is C13H18O2Si. The van der Waals surface area contributed by atoms with E-state index in [2.05, 4.69) is 31.1 Å². The Labute approximate surface area is 98.3 Å². The van der Waals surface area contributed by atoms with Crippen LogP contribution >= 0.6 is 0 Å². The van der Waals surface area contributed by atoms with Crippen molar-refractivity contribution >= 4 is 8.07 Å². The Balaban J connectivity index is 2.95. The molecule has 1 unspecified atom stereocenters. The minimum absolute atomic E-state index is 0.680. The fourth-order valence-electron chi connectivity index (χ4n) is 1.25. The zero-order valence-electron chi connectivity index (χ0n) is 10.2. The average Bonchev–Trinajstić information content (AvgIpc) is 2.25. The van der Waals surface area contributed by atoms with E-state index in [0.29, 0.717) is 5.75 Å². The SMILES string of the molecule is COc1ccccc1C(O)C#C[Si](C)(C)C. The maximum atomic E-state index is 9.96. The first-order valence-corrected chi connectivity index (χ1v) is 8.78. The van der Waals surface area contributed by atoms with Crippen LogP contribution in [0.4, 0.5) is 0 Å². The molecule has 1 N–H and O–H groups in total. The van der Waals surface area contributed by atoms with Gasteiger partial charge in [-0.1, -0.05) is 43.8 Å². The molecule has 1 aromatic carbocycles. The molecule has 16 heavy (non-hydrogen) atoms. The summed E-state index contributed by atoms with van der Waals surface area (Å²) in [6.07, 6.45) is -0.761. The molecule has 3 heteroatoms. The molecule has 0 aromatic heterocycles. The Hall–Kier alpha value is -1.24. The van der Waals surface area contributed by atoms with E-state index in [9.17, 15) is 5.11 Å². The molecule has 0 aliphatic carbocycles. The Bertz CT molecular complexity index is 410. The van der Waals surface area contributed by atoms with Crippen molar-refractivity contribution in [3.8, 4) is 17.2 Å². The quantitative estimate of drug-likeness (QED) is 0.629. The first-order valence-electron chi connectivity index (χ1n) is 5.28. The van der Waals surface area contributed by atoms with Gasteiger partial charge in [0.1, 0.15) is 19.9 Å². The van der Waals surface area contributed by atoms with Crippen LogP contribution in [0.25, 0.3) is 0 Å². The van der Waals surface area contributed by atoms with Gasteiger partial charge in [-0.05, 0) is 6.07 Å². The third kappa shape index (κ3) is 3.73. The molecular weight excluding hydrogens is 216 g/mol. The Morgan fingerprint density at radius 2 is 1.88 bits per heavy atom. The molecule has 0 bridgehead atoms. The maximum Gasteiger partial charge on any atom is 0.143 e. The highest BCUT2D eigenvalue weighted by Gasteiger charge is 2.12. The van der Waals surface area contributed by atoms with Crippen LogP contribution < -0.4 is 4.74 Å². The van der Waals surface area contributed by atoms with E-state index in [1.165, 1.54) is 0 Å². The zero-order chi connectivity index (χ0) is 12.2. The predicted molar refractivity (Wildman–Crippen MR) is 69.1 cm³/mol. The molecule has 0 aliphatic rings. The van der Waals surface area contributed by atoms with Gasteiger partial charge in [-0.25, -0.2) is 0 Å². The lowest BCUT2D eigenvalue weighted by Gasteiger charge is -2.10. The summed E-state index contributed by atoms with van der Waals surface area (Å²) in [6.45, 7) is 6.44. The second-order valence-corrected chi connectivity index (χ2v) is 9.41. The van der Waals surface area contributed by atoms with E-state index >= 15 is 0 Å². The Morgan fingerprint density at radius 1 is 1.25 bits per heavy atom. The number of aliphatic hydroxyl groups excluding tert-OH is 1. The van der Waals surface area contributed by atoms with E-state index in [-0.39, 0.29) is 0 Å². The van der Waals surface area contributed by atoms with Gasteiger partial charge in [0.2, 0.25) is 0 Å². The van der Waals surface area contributed by atoms with Gasteiger partial charge in [-0.15, -0.1) is 5.54 Å². The third-order valence-electron chi connectivity index (χ3n) is 2.02. The second kappa shape index (κ2) is 5.20. The number of methoxy groups -OCH3 is 1. The van der Waals surface area contributed by atoms with Crippen molar-refractivity contribution < 1.29 is 9.84 Å². The zero-order valence-corrected chi connectivity index (χ0v) is 11.2. The lowest BCUT2D eigenvalue weighted by atomic mass is 10.1. The highest BCUT2D eigenvalue weighted by Crippen LogP contribution is 2.24. The van der Waals surface area contributed by atoms with Crippen molar-refractivity contribution in [3.05, 3.63) is 29.8 Å². The van der Waals surface area contributed by atoms with Gasteiger partial charge < -0.3 is 9.84 Å². The lowest BCUT2D eigenvalue weighted by molar-refractivity contribution is 0.232. The summed E-state index contributed by atoms with van der Waals surface area (Å²) in [5, 5.41) is 9.96. The van der Waals surface area contributed by atoms with Crippen LogP contribution in [0.5, 0.6) is 5.75 Å². The molecule has 0 radical (unpaired) electrons. The van der Waals surface area contributed by atoms with Crippen molar-refractivity contribution in [2.45, 2.75) is 25.7 Å². The number of ether oxygens (including phenoxy) is 1. The highest BCUT2D eigenvalue weighted by atomic mass is 28.3. The van der Waals surface area contributed by atoms with E-state index in [0.717, 1.165) is 5.56 Å². The van der Waals surface area contributed by atoms with Crippen LogP contribution in [0.3, 0.4) is 0 Å². The van der Waals surface area contributed by atoms with Crippen LogP contribution in [0.1, 0.15) is 11.7 Å². The summed E-state index contributed by atoms with van der Waals surface area (Å²) in [6, 6.07) is 7.41. The van der Waals surface area contributed by atoms with Crippen LogP contribution in [0.15, 0.2) is 24.3 Å². The van der Waals surface area contributed by atoms with Crippen molar-refractivity contribution in [1.29, 1.82) is 0 Å². The summed E-state index contributed by atoms with van der Waals surface area (Å²) in [7, 11) is 0.152. The lowest BCUT2D eigenvalue weighted by Crippen LogP contribution is -2.17. The summed E-state index contributed by atoms with van der Waals surface area (Å²) < 4.78 is 5.18. The van der Waals surface area contributed by atoms with Crippen LogP contribution in [0.2, 0.25) is 19.6 Å². The molecule has 0 aliphatic heterocycles. The molecule has 0 amide bonds. The van der Waals surface area contributed by atoms with Gasteiger partial charge in [0, 0.05) is 5.56 Å². The van der Waals surface area contributed by atoms with Gasteiger partial charge >= 0.3 is 0 Å². The number of hydrogen-bond acceptors (Lipinski definition) is 2. The topological polar surface area (TPSA) is 29.5 Å². The van der Waals surface area contributed by atoms with Crippen molar-refractivity contribution in [3.63, 3.8) is 0 Å². The summed E-state index contributed by atoms with van der Waals surface area (Å²) in [5.74, 6) is 3.58. The molecule has 86 valence electrons. The first kappa shape index (κ1) is 12.8. The molecule has 0 heterocycles. The number of para-hydroxylation sites is 1. The normalized spacial score (nSPS) is 12.6. The molecule has 1 aromatic rings. The minimum Gasteiger partial charge on any atom is -0.496 e. The monoisotopic (exact) mass is 234 g/mol. The van der Waals surface area contributed by atoms with Gasteiger partial charge in [-0.2, -0.15) is 0 Å². The van der Waals surface area contributed by atoms with E-state index < -0.39 is 14.2 Å². The molecule has 1 rings (SSSR count). The first-order chi connectivity index (χ1) is 7.44. The van der Waals surface area contributed by atoms with Crippen LogP contribution in [-0.4, -0.2) is 20.3 Å². The van der Waals surface area contributed by atoms with Crippen LogP contribution in [-0.2, 0) is 0 Å². The molecule has 0 saturated heterocycles. The fourth-order valence-corrected chi connectivity index (χ4v) is 1.82. The third-order valence-corrected chi connectivity index (χ3v) is 2.91. The van der Waals surface area contributed by atoms with Crippen molar-refractivity contribution in [2.75, 3.05) is 7.11 Å². The smallest absolute Gasteiger partial charge is 0.143 e. The Morgan fingerprint density at radius 3 is 2.44 bits per heavy atom. The summed E-state index contributed by atoms with van der Waals surface area (Å²) >= 11 is 0. The molecule has 0 fully saturated rings. The minimum atomic E-state index is -1.44. The summed E-state index contributed by atoms with van der Waals surface area (Å²) in [4.78, 5) is 0. The van der Waals surface area contributed by atoms with E-state index in [4.69, 9.17) is 4.74 Å². The fraction of sp³-hybridized carbons (Fsp3) is 0.385. The number of aliphatic hydroxyl groups is 1. The number of benzene rings is 1. The molecule has 0 saturated carbocycles. The highest BCUT2D eigenvalue weighted by molar-refractivity contribution is 6.83. The average molecular weight is 234 g/mol. The van der Waals surface area contributed by atoms with Crippen molar-refractivity contribution in [2.24, 2.45) is 0 Å². The van der Waals surface area contributed by atoms with E-state index in [1.54, 1.807) is 7.11 Å². The summed E-state index contributed by atoms with van der Waals surface area (Å²) in [5.41, 5.74) is 3.89. The maximum absolute atomic E-state index is 9.96. The van der Waals surface area contributed by atoms with Crippen LogP contribution in [0, 0.1) is 11.5 Å². The van der Waals surface area contributed by atoms with Gasteiger partial charge in [0.25, 0.3) is 0 Å². The molecule has 0 spiro atoms. The van der Waals surface area contributed by atoms with Gasteiger partial charge in [0.15, 0.2) is 0 Å². The number of rotatable bonds is 2. The molecule has 1 atom stereocenters.